The maximum absolute atomic E-state index is 6.17. The van der Waals surface area contributed by atoms with Crippen LogP contribution < -0.4 is 10.2 Å². The Morgan fingerprint density at radius 1 is 0.917 bits per heavy atom. The summed E-state index contributed by atoms with van der Waals surface area (Å²) in [5, 5.41) is 9.26. The third-order valence-corrected chi connectivity index (χ3v) is 4.11. The first-order valence-electron chi connectivity index (χ1n) is 7.05. The van der Waals surface area contributed by atoms with Crippen molar-refractivity contribution < 1.29 is 4.74 Å². The quantitative estimate of drug-likeness (QED) is 0.678. The van der Waals surface area contributed by atoms with Crippen molar-refractivity contribution in [2.45, 2.75) is 13.2 Å². The fourth-order valence-electron chi connectivity index (χ4n) is 2.08. The van der Waals surface area contributed by atoms with Crippen LogP contribution in [0.4, 0.5) is 0 Å². The highest BCUT2D eigenvalue weighted by atomic mass is 35.5. The van der Waals surface area contributed by atoms with E-state index in [-0.39, 0.29) is 0 Å². The molecule has 0 saturated carbocycles. The van der Waals surface area contributed by atoms with Crippen LogP contribution in [0.15, 0.2) is 49.1 Å². The smallest absolute Gasteiger partial charge is 0.138 e. The van der Waals surface area contributed by atoms with Crippen LogP contribution in [0.1, 0.15) is 11.1 Å². The van der Waals surface area contributed by atoms with Crippen molar-refractivity contribution in [3.63, 3.8) is 0 Å². The molecule has 1 heterocycles. The zero-order chi connectivity index (χ0) is 16.9. The van der Waals surface area contributed by atoms with Crippen LogP contribution in [0, 0.1) is 0 Å². The van der Waals surface area contributed by atoms with Crippen LogP contribution in [-0.2, 0) is 13.2 Å². The Labute approximate surface area is 154 Å². The second-order valence-corrected chi connectivity index (χ2v) is 6.26. The van der Waals surface area contributed by atoms with E-state index < -0.39 is 0 Å². The first-order valence-corrected chi connectivity index (χ1v) is 8.19. The largest absolute Gasteiger partial charge is 0.488 e. The second-order valence-electron chi connectivity index (χ2n) is 4.98. The molecular formula is C16H13Cl3N4O. The molecule has 0 bridgehead atoms. The summed E-state index contributed by atoms with van der Waals surface area (Å²) < 4.78 is 7.56. The number of aromatic nitrogens is 3. The van der Waals surface area contributed by atoms with Crippen molar-refractivity contribution in [2.24, 2.45) is 0 Å². The van der Waals surface area contributed by atoms with E-state index in [1.807, 2.05) is 18.2 Å². The molecule has 0 aliphatic heterocycles. The molecule has 124 valence electrons. The maximum Gasteiger partial charge on any atom is 0.138 e. The zero-order valence-electron chi connectivity index (χ0n) is 12.4. The van der Waals surface area contributed by atoms with E-state index in [1.165, 1.54) is 0 Å². The molecule has 8 heteroatoms. The Hall–Kier alpha value is -1.95. The van der Waals surface area contributed by atoms with Crippen molar-refractivity contribution in [3.8, 4) is 5.75 Å². The predicted molar refractivity (Wildman–Crippen MR) is 95.3 cm³/mol. The van der Waals surface area contributed by atoms with Gasteiger partial charge in [0.15, 0.2) is 0 Å². The highest BCUT2D eigenvalue weighted by molar-refractivity contribution is 6.35. The van der Waals surface area contributed by atoms with Gasteiger partial charge in [0.2, 0.25) is 0 Å². The molecule has 0 aliphatic rings. The molecule has 0 unspecified atom stereocenters. The summed E-state index contributed by atoms with van der Waals surface area (Å²) in [6.45, 7) is 0.833. The fourth-order valence-corrected chi connectivity index (χ4v) is 2.74. The summed E-state index contributed by atoms with van der Waals surface area (Å²) in [6, 6.07) is 10.8. The Morgan fingerprint density at radius 2 is 1.62 bits per heavy atom. The van der Waals surface area contributed by atoms with E-state index in [2.05, 4.69) is 15.6 Å². The molecule has 0 saturated heterocycles. The molecule has 3 rings (SSSR count). The third-order valence-electron chi connectivity index (χ3n) is 3.29. The third kappa shape index (κ3) is 4.32. The molecule has 0 radical (unpaired) electrons. The average Bonchev–Trinajstić information content (AvgIpc) is 3.07. The minimum Gasteiger partial charge on any atom is -0.488 e. The lowest BCUT2D eigenvalue weighted by molar-refractivity contribution is 0.303. The second kappa shape index (κ2) is 7.75. The number of nitrogens with zero attached hydrogens (tertiary/aromatic N) is 3. The molecule has 24 heavy (non-hydrogen) atoms. The van der Waals surface area contributed by atoms with Crippen molar-refractivity contribution in [1.82, 2.24) is 14.9 Å². The highest BCUT2D eigenvalue weighted by Crippen LogP contribution is 2.26. The van der Waals surface area contributed by atoms with Crippen LogP contribution in [0.2, 0.25) is 15.1 Å². The molecule has 1 N–H and O–H groups in total. The number of hydrogen-bond donors (Lipinski definition) is 1. The lowest BCUT2D eigenvalue weighted by Gasteiger charge is -2.14. The molecule has 1 aromatic heterocycles. The molecule has 3 aromatic rings. The molecule has 5 nitrogen and oxygen atoms in total. The Kier molecular flexibility index (Phi) is 5.45. The number of hydrogen-bond acceptors (Lipinski definition) is 4. The van der Waals surface area contributed by atoms with Gasteiger partial charge in [0.25, 0.3) is 0 Å². The van der Waals surface area contributed by atoms with E-state index >= 15 is 0 Å². The van der Waals surface area contributed by atoms with Crippen LogP contribution in [0.25, 0.3) is 0 Å². The van der Waals surface area contributed by atoms with Gasteiger partial charge in [0, 0.05) is 26.2 Å². The van der Waals surface area contributed by atoms with Gasteiger partial charge in [-0.25, -0.2) is 4.68 Å². The van der Waals surface area contributed by atoms with Gasteiger partial charge < -0.3 is 10.2 Å². The van der Waals surface area contributed by atoms with Gasteiger partial charge in [-0.1, -0.05) is 40.9 Å². The van der Waals surface area contributed by atoms with Gasteiger partial charge in [-0.15, -0.1) is 10.2 Å². The Morgan fingerprint density at radius 3 is 2.38 bits per heavy atom. The maximum atomic E-state index is 6.17. The summed E-state index contributed by atoms with van der Waals surface area (Å²) >= 11 is 18.2. The number of nitrogens with one attached hydrogen (secondary N) is 1. The van der Waals surface area contributed by atoms with Crippen molar-refractivity contribution >= 4 is 34.8 Å². The average molecular weight is 384 g/mol. The summed E-state index contributed by atoms with van der Waals surface area (Å²) in [5.41, 5.74) is 4.89. The predicted octanol–water partition coefficient (Wildman–Crippen LogP) is 4.56. The lowest BCUT2D eigenvalue weighted by Crippen LogP contribution is -2.13. The van der Waals surface area contributed by atoms with E-state index in [1.54, 1.807) is 35.5 Å². The number of benzene rings is 2. The van der Waals surface area contributed by atoms with Gasteiger partial charge >= 0.3 is 0 Å². The summed E-state index contributed by atoms with van der Waals surface area (Å²) in [7, 11) is 0. The van der Waals surface area contributed by atoms with Gasteiger partial charge in [-0.3, -0.25) is 0 Å². The van der Waals surface area contributed by atoms with Gasteiger partial charge in [0.05, 0.1) is 6.54 Å². The summed E-state index contributed by atoms with van der Waals surface area (Å²) in [6.07, 6.45) is 3.14. The van der Waals surface area contributed by atoms with E-state index in [9.17, 15) is 0 Å². The van der Waals surface area contributed by atoms with E-state index in [0.717, 1.165) is 11.1 Å². The van der Waals surface area contributed by atoms with Crippen LogP contribution in [0.3, 0.4) is 0 Å². The minimum atomic E-state index is 0.331. The molecule has 2 aromatic carbocycles. The number of halogens is 3. The normalized spacial score (nSPS) is 10.6. The molecule has 0 spiro atoms. The lowest BCUT2D eigenvalue weighted by atomic mass is 10.2. The molecular weight excluding hydrogens is 371 g/mol. The van der Waals surface area contributed by atoms with Crippen LogP contribution >= 0.6 is 34.8 Å². The van der Waals surface area contributed by atoms with Gasteiger partial charge in [-0.05, 0) is 30.3 Å². The number of rotatable bonds is 6. The molecule has 0 atom stereocenters. The van der Waals surface area contributed by atoms with Gasteiger partial charge in [0.1, 0.15) is 25.0 Å². The summed E-state index contributed by atoms with van der Waals surface area (Å²) in [5.74, 6) is 0.714. The van der Waals surface area contributed by atoms with E-state index in [4.69, 9.17) is 39.5 Å². The number of ether oxygens (including phenoxy) is 1. The Bertz CT molecular complexity index is 824. The SMILES string of the molecule is Clc1ccc(COc2ccc(Cl)cc2CNn2cnnc2)c(Cl)c1. The van der Waals surface area contributed by atoms with Crippen LogP contribution in [0.5, 0.6) is 5.75 Å². The topological polar surface area (TPSA) is 52.0 Å². The van der Waals surface area contributed by atoms with Crippen LogP contribution in [-0.4, -0.2) is 14.9 Å². The highest BCUT2D eigenvalue weighted by Gasteiger charge is 2.08. The standard InChI is InChI=1S/C16H13Cl3N4O/c17-13-3-4-16(12(5-13)7-22-23-9-20-21-10-23)24-8-11-1-2-14(18)6-15(11)19/h1-6,9-10,22H,7-8H2. The van der Waals surface area contributed by atoms with Crippen molar-refractivity contribution in [3.05, 3.63) is 75.2 Å². The molecule has 0 fully saturated rings. The minimum absolute atomic E-state index is 0.331. The summed E-state index contributed by atoms with van der Waals surface area (Å²) in [4.78, 5) is 0. The Balaban J connectivity index is 1.72. The zero-order valence-corrected chi connectivity index (χ0v) is 14.7. The monoisotopic (exact) mass is 382 g/mol. The van der Waals surface area contributed by atoms with Crippen molar-refractivity contribution in [2.75, 3.05) is 5.43 Å². The van der Waals surface area contributed by atoms with Crippen molar-refractivity contribution in [1.29, 1.82) is 0 Å². The fraction of sp³-hybridized carbons (Fsp3) is 0.125. The van der Waals surface area contributed by atoms with E-state index in [0.29, 0.717) is 34.0 Å². The molecule has 0 amide bonds. The molecule has 0 aliphatic carbocycles. The first kappa shape index (κ1) is 16.9. The van der Waals surface area contributed by atoms with Gasteiger partial charge in [-0.2, -0.15) is 0 Å². The first-order chi connectivity index (χ1) is 11.6.